The first-order chi connectivity index (χ1) is 8.31. The van der Waals surface area contributed by atoms with Gasteiger partial charge < -0.3 is 0 Å². The second-order valence-corrected chi connectivity index (χ2v) is 7.89. The maximum Gasteiger partial charge on any atom is 0.0117 e. The molecule has 0 heterocycles. The van der Waals surface area contributed by atoms with E-state index in [-0.39, 0.29) is 0 Å². The van der Waals surface area contributed by atoms with Crippen molar-refractivity contribution < 1.29 is 0 Å². The van der Waals surface area contributed by atoms with E-state index in [1.54, 1.807) is 0 Å². The third-order valence-corrected chi connectivity index (χ3v) is 5.16. The van der Waals surface area contributed by atoms with Gasteiger partial charge in [-0.1, -0.05) is 116 Å². The van der Waals surface area contributed by atoms with E-state index in [1.165, 1.54) is 81.5 Å². The fourth-order valence-electron chi connectivity index (χ4n) is 2.12. The molecule has 0 aromatic carbocycles. The van der Waals surface area contributed by atoms with Gasteiger partial charge in [-0.2, -0.15) is 0 Å². The minimum atomic E-state index is 0.929. The van der Waals surface area contributed by atoms with Crippen LogP contribution in [0.2, 0.25) is 0 Å². The van der Waals surface area contributed by atoms with Gasteiger partial charge in [0, 0.05) is 8.35 Å². The molecule has 0 amide bonds. The number of hydrogen-bond donors (Lipinski definition) is 0. The fourth-order valence-corrected chi connectivity index (χ4v) is 4.81. The third-order valence-electron chi connectivity index (χ3n) is 3.29. The Morgan fingerprint density at radius 3 is 1.65 bits per heavy atom. The highest BCUT2D eigenvalue weighted by Crippen LogP contribution is 2.17. The van der Waals surface area contributed by atoms with Gasteiger partial charge in [-0.05, 0) is 12.8 Å². The molecule has 2 heteroatoms. The molecule has 0 aromatic heterocycles. The van der Waals surface area contributed by atoms with E-state index in [0.717, 1.165) is 3.92 Å². The zero-order valence-electron chi connectivity index (χ0n) is 11.5. The van der Waals surface area contributed by atoms with Gasteiger partial charge in [0.05, 0.1) is 0 Å². The summed E-state index contributed by atoms with van der Waals surface area (Å²) in [6.45, 7) is 2.29. The first-order valence-electron chi connectivity index (χ1n) is 7.51. The van der Waals surface area contributed by atoms with E-state index in [1.807, 2.05) is 0 Å². The van der Waals surface area contributed by atoms with Crippen molar-refractivity contribution in [2.45, 2.75) is 87.9 Å². The van der Waals surface area contributed by atoms with Crippen molar-refractivity contribution in [3.05, 3.63) is 0 Å². The van der Waals surface area contributed by atoms with Crippen LogP contribution in [0.1, 0.15) is 84.0 Å². The van der Waals surface area contributed by atoms with Crippen LogP contribution in [0.5, 0.6) is 0 Å². The molecule has 0 fully saturated rings. The molecule has 1 unspecified atom stereocenters. The summed E-state index contributed by atoms with van der Waals surface area (Å²) < 4.78 is 2.25. The molecule has 1 atom stereocenters. The predicted molar refractivity (Wildman–Crippen MR) is 97.8 cm³/mol. The van der Waals surface area contributed by atoms with E-state index in [0.29, 0.717) is 0 Å². The molecule has 0 rings (SSSR count). The lowest BCUT2D eigenvalue weighted by Crippen LogP contribution is -1.97. The van der Waals surface area contributed by atoms with Crippen LogP contribution in [0, 0.1) is 0 Å². The van der Waals surface area contributed by atoms with Crippen LogP contribution >= 0.6 is 45.2 Å². The van der Waals surface area contributed by atoms with Gasteiger partial charge in [0.1, 0.15) is 0 Å². The number of hydrogen-bond acceptors (Lipinski definition) is 0. The summed E-state index contributed by atoms with van der Waals surface area (Å²) >= 11 is 5.11. The van der Waals surface area contributed by atoms with Gasteiger partial charge in [-0.15, -0.1) is 0 Å². The molecule has 17 heavy (non-hydrogen) atoms. The van der Waals surface area contributed by atoms with Crippen molar-refractivity contribution in [1.29, 1.82) is 0 Å². The molecule has 104 valence electrons. The molecule has 0 nitrogen and oxygen atoms in total. The normalized spacial score (nSPS) is 12.9. The fraction of sp³-hybridized carbons (Fsp3) is 1.00. The molecule has 0 saturated carbocycles. The molecule has 0 N–H and O–H groups in total. The minimum Gasteiger partial charge on any atom is -0.0863 e. The second kappa shape index (κ2) is 15.5. The van der Waals surface area contributed by atoms with Crippen LogP contribution in [0.15, 0.2) is 0 Å². The third kappa shape index (κ3) is 15.4. The van der Waals surface area contributed by atoms with Crippen LogP contribution in [0.4, 0.5) is 0 Å². The summed E-state index contributed by atoms with van der Waals surface area (Å²) in [4.78, 5) is 0. The number of alkyl halides is 2. The Labute approximate surface area is 136 Å². The molecule has 0 aromatic rings. The average Bonchev–Trinajstić information content (AvgIpc) is 2.32. The Morgan fingerprint density at radius 2 is 1.18 bits per heavy atom. The Hall–Kier alpha value is 1.46. The number of unbranched alkanes of at least 4 members (excludes halogenated alkanes) is 9. The smallest absolute Gasteiger partial charge is 0.0117 e. The first-order valence-corrected chi connectivity index (χ1v) is 10.3. The zero-order valence-corrected chi connectivity index (χ0v) is 15.8. The van der Waals surface area contributed by atoms with Crippen LogP contribution < -0.4 is 0 Å². The summed E-state index contributed by atoms with van der Waals surface area (Å²) in [5, 5.41) is 0. The first kappa shape index (κ1) is 18.5. The highest BCUT2D eigenvalue weighted by atomic mass is 127. The maximum absolute atomic E-state index is 2.62. The maximum atomic E-state index is 2.62. The van der Waals surface area contributed by atoms with Crippen LogP contribution in [-0.2, 0) is 0 Å². The van der Waals surface area contributed by atoms with E-state index >= 15 is 0 Å². The summed E-state index contributed by atoms with van der Waals surface area (Å²) in [5.41, 5.74) is 0. The standard InChI is InChI=1S/C15H30I2/c1-2-3-4-5-6-7-8-9-10-11-12-15(17)13-14-16/h15H,2-14H2,1H3. The molecule has 0 aliphatic rings. The van der Waals surface area contributed by atoms with Crippen LogP contribution in [-0.4, -0.2) is 8.35 Å². The van der Waals surface area contributed by atoms with E-state index < -0.39 is 0 Å². The second-order valence-electron chi connectivity index (χ2n) is 5.05. The van der Waals surface area contributed by atoms with Gasteiger partial charge in [-0.3, -0.25) is 0 Å². The largest absolute Gasteiger partial charge is 0.0863 e. The minimum absolute atomic E-state index is 0.929. The Morgan fingerprint density at radius 1 is 0.706 bits per heavy atom. The summed E-state index contributed by atoms with van der Waals surface area (Å²) in [5.74, 6) is 0. The topological polar surface area (TPSA) is 0 Å². The highest BCUT2D eigenvalue weighted by Gasteiger charge is 2.01. The zero-order chi connectivity index (χ0) is 12.8. The van der Waals surface area contributed by atoms with E-state index in [2.05, 4.69) is 52.1 Å². The molecular weight excluding hydrogens is 434 g/mol. The molecular formula is C15H30I2. The van der Waals surface area contributed by atoms with Gasteiger partial charge in [0.15, 0.2) is 0 Å². The van der Waals surface area contributed by atoms with Gasteiger partial charge in [-0.25, -0.2) is 0 Å². The predicted octanol–water partition coefficient (Wildman–Crippen LogP) is 6.93. The molecule has 0 aliphatic carbocycles. The molecule has 0 bridgehead atoms. The van der Waals surface area contributed by atoms with Crippen molar-refractivity contribution in [2.24, 2.45) is 0 Å². The molecule has 0 radical (unpaired) electrons. The lowest BCUT2D eigenvalue weighted by molar-refractivity contribution is 0.548. The quantitative estimate of drug-likeness (QED) is 0.158. The van der Waals surface area contributed by atoms with E-state index in [4.69, 9.17) is 0 Å². The SMILES string of the molecule is CCCCCCCCCCCCC(I)CCI. The van der Waals surface area contributed by atoms with Crippen molar-refractivity contribution >= 4 is 45.2 Å². The average molecular weight is 464 g/mol. The summed E-state index contributed by atoms with van der Waals surface area (Å²) in [6, 6.07) is 0. The summed E-state index contributed by atoms with van der Waals surface area (Å²) in [6.07, 6.45) is 17.4. The van der Waals surface area contributed by atoms with E-state index in [9.17, 15) is 0 Å². The van der Waals surface area contributed by atoms with Crippen molar-refractivity contribution in [2.75, 3.05) is 4.43 Å². The van der Waals surface area contributed by atoms with Gasteiger partial charge >= 0.3 is 0 Å². The molecule has 0 aliphatic heterocycles. The lowest BCUT2D eigenvalue weighted by Gasteiger charge is -2.07. The van der Waals surface area contributed by atoms with Crippen LogP contribution in [0.3, 0.4) is 0 Å². The van der Waals surface area contributed by atoms with Crippen molar-refractivity contribution in [3.8, 4) is 0 Å². The van der Waals surface area contributed by atoms with Crippen LogP contribution in [0.25, 0.3) is 0 Å². The summed E-state index contributed by atoms with van der Waals surface area (Å²) in [7, 11) is 0. The Kier molecular flexibility index (Phi) is 16.8. The van der Waals surface area contributed by atoms with Crippen molar-refractivity contribution in [3.63, 3.8) is 0 Å². The molecule has 0 spiro atoms. The number of halogens is 2. The monoisotopic (exact) mass is 464 g/mol. The highest BCUT2D eigenvalue weighted by molar-refractivity contribution is 14.1. The van der Waals surface area contributed by atoms with Crippen molar-refractivity contribution in [1.82, 2.24) is 0 Å². The molecule has 0 saturated heterocycles. The van der Waals surface area contributed by atoms with Gasteiger partial charge in [0.25, 0.3) is 0 Å². The lowest BCUT2D eigenvalue weighted by atomic mass is 10.1. The Bertz CT molecular complexity index is 137. The Balaban J connectivity index is 2.98. The number of rotatable bonds is 13. The van der Waals surface area contributed by atoms with Gasteiger partial charge in [0.2, 0.25) is 0 Å².